The molecule has 0 radical (unpaired) electrons. The normalized spacial score (nSPS) is 11.6. The predicted octanol–water partition coefficient (Wildman–Crippen LogP) is 5.21. The van der Waals surface area contributed by atoms with E-state index in [4.69, 9.17) is 0 Å². The Morgan fingerprint density at radius 3 is 2.40 bits per heavy atom. The molecule has 0 aliphatic carbocycles. The molecule has 0 aliphatic rings. The molecule has 1 aromatic heterocycles. The minimum atomic E-state index is 0.876. The van der Waals surface area contributed by atoms with Crippen molar-refractivity contribution in [2.24, 2.45) is 17.3 Å². The first-order valence-electron chi connectivity index (χ1n) is 6.68. The first kappa shape index (κ1) is 12.6. The highest BCUT2D eigenvalue weighted by atomic mass is 15.1. The lowest BCUT2D eigenvalue weighted by atomic mass is 10.1. The maximum atomic E-state index is 4.42. The number of hydrogen-bond donors (Lipinski definition) is 0. The smallest absolute Gasteiger partial charge is 0.111 e. The lowest BCUT2D eigenvalue weighted by molar-refractivity contribution is 0.966. The highest BCUT2D eigenvalue weighted by molar-refractivity contribution is 5.94. The fourth-order valence-corrected chi connectivity index (χ4v) is 2.40. The molecule has 100 valence electrons. The summed E-state index contributed by atoms with van der Waals surface area (Å²) >= 11 is 0. The number of aryl methyl sites for hydroxylation is 3. The molecule has 0 spiro atoms. The molecule has 1 heterocycles. The first-order valence-corrected chi connectivity index (χ1v) is 6.68. The van der Waals surface area contributed by atoms with E-state index in [9.17, 15) is 0 Å². The molecule has 0 atom stereocenters. The van der Waals surface area contributed by atoms with Crippen molar-refractivity contribution in [2.45, 2.75) is 13.8 Å². The number of aromatic nitrogens is 1. The highest BCUT2D eigenvalue weighted by Gasteiger charge is 2.07. The van der Waals surface area contributed by atoms with Gasteiger partial charge in [-0.1, -0.05) is 29.8 Å². The Kier molecular flexibility index (Phi) is 3.11. The highest BCUT2D eigenvalue weighted by Crippen LogP contribution is 2.31. The molecule has 0 bridgehead atoms. The van der Waals surface area contributed by atoms with Gasteiger partial charge in [-0.25, -0.2) is 0 Å². The van der Waals surface area contributed by atoms with E-state index in [1.54, 1.807) is 0 Å². The molecular formula is C17H17N3. The molecule has 0 N–H and O–H groups in total. The van der Waals surface area contributed by atoms with Crippen molar-refractivity contribution in [2.75, 3.05) is 0 Å². The molecule has 0 aliphatic heterocycles. The number of fused-ring (bicyclic) bond motifs is 1. The van der Waals surface area contributed by atoms with E-state index in [0.717, 1.165) is 11.4 Å². The van der Waals surface area contributed by atoms with Gasteiger partial charge >= 0.3 is 0 Å². The van der Waals surface area contributed by atoms with Crippen molar-refractivity contribution in [3.63, 3.8) is 0 Å². The topological polar surface area (TPSA) is 29.6 Å². The zero-order valence-corrected chi connectivity index (χ0v) is 12.0. The minimum absolute atomic E-state index is 0.876. The van der Waals surface area contributed by atoms with E-state index < -0.39 is 0 Å². The van der Waals surface area contributed by atoms with Gasteiger partial charge in [0.25, 0.3) is 0 Å². The number of nitrogens with zero attached hydrogens (tertiary/aromatic N) is 3. The van der Waals surface area contributed by atoms with E-state index >= 15 is 0 Å². The van der Waals surface area contributed by atoms with Crippen molar-refractivity contribution in [3.05, 3.63) is 59.8 Å². The third kappa shape index (κ3) is 2.23. The van der Waals surface area contributed by atoms with Crippen molar-refractivity contribution >= 4 is 22.3 Å². The SMILES string of the molecule is Cc1ccc(N=Nc2cn(C)c3cccc(C)c23)cc1. The van der Waals surface area contributed by atoms with Gasteiger partial charge in [-0.05, 0) is 37.6 Å². The molecule has 3 nitrogen and oxygen atoms in total. The summed E-state index contributed by atoms with van der Waals surface area (Å²) in [5.41, 5.74) is 5.43. The second-order valence-corrected chi connectivity index (χ2v) is 5.13. The third-order valence-electron chi connectivity index (χ3n) is 3.51. The van der Waals surface area contributed by atoms with Crippen LogP contribution in [0.1, 0.15) is 11.1 Å². The molecule has 20 heavy (non-hydrogen) atoms. The molecule has 0 fully saturated rings. The van der Waals surface area contributed by atoms with Crippen LogP contribution in [-0.4, -0.2) is 4.57 Å². The third-order valence-corrected chi connectivity index (χ3v) is 3.51. The van der Waals surface area contributed by atoms with Crippen LogP contribution in [0.5, 0.6) is 0 Å². The Labute approximate surface area is 118 Å². The Balaban J connectivity index is 2.05. The van der Waals surface area contributed by atoms with E-state index in [1.165, 1.54) is 22.0 Å². The summed E-state index contributed by atoms with van der Waals surface area (Å²) in [4.78, 5) is 0. The van der Waals surface area contributed by atoms with E-state index in [0.29, 0.717) is 0 Å². The lowest BCUT2D eigenvalue weighted by Gasteiger charge is -1.98. The Bertz CT molecular complexity index is 780. The average molecular weight is 263 g/mol. The van der Waals surface area contributed by atoms with Gasteiger partial charge in [0.05, 0.1) is 11.2 Å². The van der Waals surface area contributed by atoms with Gasteiger partial charge in [0.1, 0.15) is 5.69 Å². The van der Waals surface area contributed by atoms with Gasteiger partial charge in [-0.2, -0.15) is 5.11 Å². The lowest BCUT2D eigenvalue weighted by Crippen LogP contribution is -1.83. The van der Waals surface area contributed by atoms with Crippen LogP contribution in [0.3, 0.4) is 0 Å². The quantitative estimate of drug-likeness (QED) is 0.568. The van der Waals surface area contributed by atoms with Crippen LogP contribution in [0.15, 0.2) is 58.9 Å². The van der Waals surface area contributed by atoms with Gasteiger partial charge in [-0.3, -0.25) is 0 Å². The van der Waals surface area contributed by atoms with Crippen LogP contribution in [0.25, 0.3) is 10.9 Å². The minimum Gasteiger partial charge on any atom is -0.348 e. The van der Waals surface area contributed by atoms with Crippen molar-refractivity contribution in [1.29, 1.82) is 0 Å². The summed E-state index contributed by atoms with van der Waals surface area (Å²) in [6, 6.07) is 14.3. The van der Waals surface area contributed by atoms with Crippen LogP contribution >= 0.6 is 0 Å². The van der Waals surface area contributed by atoms with E-state index in [-0.39, 0.29) is 0 Å². The van der Waals surface area contributed by atoms with Gasteiger partial charge in [0.2, 0.25) is 0 Å². The predicted molar refractivity (Wildman–Crippen MR) is 83.0 cm³/mol. The summed E-state index contributed by atoms with van der Waals surface area (Å²) in [7, 11) is 2.03. The summed E-state index contributed by atoms with van der Waals surface area (Å²) in [5.74, 6) is 0. The molecule has 0 amide bonds. The van der Waals surface area contributed by atoms with Gasteiger partial charge in [0, 0.05) is 18.6 Å². The maximum Gasteiger partial charge on any atom is 0.111 e. The van der Waals surface area contributed by atoms with Crippen LogP contribution < -0.4 is 0 Å². The molecule has 3 aromatic rings. The number of hydrogen-bond acceptors (Lipinski definition) is 2. The van der Waals surface area contributed by atoms with E-state index in [1.807, 2.05) is 37.5 Å². The van der Waals surface area contributed by atoms with Crippen molar-refractivity contribution < 1.29 is 0 Å². The molecular weight excluding hydrogens is 246 g/mol. The summed E-state index contributed by atoms with van der Waals surface area (Å²) < 4.78 is 2.09. The molecule has 0 saturated carbocycles. The maximum absolute atomic E-state index is 4.42. The van der Waals surface area contributed by atoms with Crippen LogP contribution in [0.4, 0.5) is 11.4 Å². The zero-order chi connectivity index (χ0) is 14.1. The standard InChI is InChI=1S/C17H17N3/c1-12-7-9-14(10-8-12)18-19-15-11-20(3)16-6-4-5-13(2)17(15)16/h4-11H,1-3H3. The number of benzene rings is 2. The molecule has 0 saturated heterocycles. The number of azo groups is 1. The first-order chi connectivity index (χ1) is 9.65. The second kappa shape index (κ2) is 4.93. The van der Waals surface area contributed by atoms with Crippen LogP contribution in [-0.2, 0) is 7.05 Å². The Morgan fingerprint density at radius 1 is 0.900 bits per heavy atom. The van der Waals surface area contributed by atoms with E-state index in [2.05, 4.69) is 46.8 Å². The van der Waals surface area contributed by atoms with Crippen molar-refractivity contribution in [1.82, 2.24) is 4.57 Å². The average Bonchev–Trinajstić information content (AvgIpc) is 2.77. The largest absolute Gasteiger partial charge is 0.348 e. The van der Waals surface area contributed by atoms with Gasteiger partial charge in [-0.15, -0.1) is 5.11 Å². The fraction of sp³-hybridized carbons (Fsp3) is 0.176. The summed E-state index contributed by atoms with van der Waals surface area (Å²) in [5, 5.41) is 9.93. The van der Waals surface area contributed by atoms with Gasteiger partial charge < -0.3 is 4.57 Å². The number of rotatable bonds is 2. The van der Waals surface area contributed by atoms with Gasteiger partial charge in [0.15, 0.2) is 0 Å². The van der Waals surface area contributed by atoms with Crippen LogP contribution in [0, 0.1) is 13.8 Å². The molecule has 2 aromatic carbocycles. The summed E-state index contributed by atoms with van der Waals surface area (Å²) in [6.45, 7) is 4.17. The Hall–Kier alpha value is -2.42. The fourth-order valence-electron chi connectivity index (χ4n) is 2.40. The monoisotopic (exact) mass is 263 g/mol. The zero-order valence-electron chi connectivity index (χ0n) is 12.0. The van der Waals surface area contributed by atoms with Crippen LogP contribution in [0.2, 0.25) is 0 Å². The molecule has 3 heteroatoms. The summed E-state index contributed by atoms with van der Waals surface area (Å²) in [6.07, 6.45) is 2.02. The van der Waals surface area contributed by atoms with Crippen molar-refractivity contribution in [3.8, 4) is 0 Å². The Morgan fingerprint density at radius 2 is 1.65 bits per heavy atom. The molecule has 0 unspecified atom stereocenters. The second-order valence-electron chi connectivity index (χ2n) is 5.13. The molecule has 3 rings (SSSR count).